The first-order chi connectivity index (χ1) is 11.1. The highest BCUT2D eigenvalue weighted by molar-refractivity contribution is 6.32. The van der Waals surface area contributed by atoms with Crippen molar-refractivity contribution in [3.05, 3.63) is 53.6 Å². The molecule has 1 heterocycles. The first-order valence-corrected chi connectivity index (χ1v) is 7.59. The summed E-state index contributed by atoms with van der Waals surface area (Å²) in [6, 6.07) is 14.8. The summed E-state index contributed by atoms with van der Waals surface area (Å²) in [5.74, 6) is 0.0301. The summed E-state index contributed by atoms with van der Waals surface area (Å²) in [5.41, 5.74) is 2.01. The number of ether oxygens (including phenoxy) is 1. The van der Waals surface area contributed by atoms with E-state index < -0.39 is 0 Å². The first kappa shape index (κ1) is 15.4. The topological polar surface area (TPSA) is 58.6 Å². The summed E-state index contributed by atoms with van der Waals surface area (Å²) in [4.78, 5) is 24.5. The van der Waals surface area contributed by atoms with Gasteiger partial charge in [0.15, 0.2) is 6.61 Å². The summed E-state index contributed by atoms with van der Waals surface area (Å²) in [5, 5.41) is 2.99. The molecular weight excluding hydrogens is 316 g/mol. The zero-order valence-corrected chi connectivity index (χ0v) is 13.0. The Hall–Kier alpha value is -2.53. The maximum absolute atomic E-state index is 11.9. The van der Waals surface area contributed by atoms with E-state index in [1.54, 1.807) is 12.1 Å². The number of carbonyl (C=O) groups excluding carboxylic acids is 2. The Morgan fingerprint density at radius 3 is 2.61 bits per heavy atom. The Bertz CT molecular complexity index is 734. The van der Waals surface area contributed by atoms with Crippen LogP contribution in [0.2, 0.25) is 5.02 Å². The van der Waals surface area contributed by atoms with E-state index in [2.05, 4.69) is 5.32 Å². The molecule has 2 aromatic rings. The van der Waals surface area contributed by atoms with Gasteiger partial charge in [-0.25, -0.2) is 4.79 Å². The number of urea groups is 1. The number of hydrogen-bond donors (Lipinski definition) is 1. The molecule has 2 aromatic carbocycles. The van der Waals surface area contributed by atoms with Gasteiger partial charge in [0.1, 0.15) is 5.75 Å². The van der Waals surface area contributed by atoms with Gasteiger partial charge in [-0.3, -0.25) is 9.69 Å². The van der Waals surface area contributed by atoms with Crippen molar-refractivity contribution in [2.24, 2.45) is 0 Å². The fourth-order valence-electron chi connectivity index (χ4n) is 2.36. The number of imide groups is 1. The van der Waals surface area contributed by atoms with E-state index in [0.717, 1.165) is 16.0 Å². The summed E-state index contributed by atoms with van der Waals surface area (Å²) in [7, 11) is 0. The molecule has 6 heteroatoms. The van der Waals surface area contributed by atoms with Crippen LogP contribution in [-0.2, 0) is 4.79 Å². The molecule has 0 radical (unpaired) electrons. The van der Waals surface area contributed by atoms with Crippen molar-refractivity contribution in [3.8, 4) is 16.9 Å². The molecule has 0 spiro atoms. The van der Waals surface area contributed by atoms with E-state index in [1.807, 2.05) is 36.4 Å². The fraction of sp³-hybridized carbons (Fsp3) is 0.176. The number of carbonyl (C=O) groups is 2. The average Bonchev–Trinajstić information content (AvgIpc) is 3.00. The van der Waals surface area contributed by atoms with Gasteiger partial charge in [0.05, 0.1) is 5.02 Å². The van der Waals surface area contributed by atoms with E-state index in [0.29, 0.717) is 23.9 Å². The minimum atomic E-state index is -0.386. The van der Waals surface area contributed by atoms with Crippen LogP contribution in [0.4, 0.5) is 4.79 Å². The number of halogens is 1. The molecule has 1 saturated heterocycles. The normalized spacial score (nSPS) is 13.8. The van der Waals surface area contributed by atoms with Gasteiger partial charge in [0.2, 0.25) is 0 Å². The Kier molecular flexibility index (Phi) is 4.48. The molecular formula is C17H15ClN2O3. The molecule has 0 saturated carbocycles. The highest BCUT2D eigenvalue weighted by Gasteiger charge is 2.26. The van der Waals surface area contributed by atoms with Crippen LogP contribution in [0.5, 0.6) is 5.75 Å². The smallest absolute Gasteiger partial charge is 0.324 e. The minimum absolute atomic E-state index is 0.224. The van der Waals surface area contributed by atoms with Gasteiger partial charge >= 0.3 is 6.03 Å². The van der Waals surface area contributed by atoms with Gasteiger partial charge in [-0.15, -0.1) is 0 Å². The fourth-order valence-corrected chi connectivity index (χ4v) is 2.59. The maximum Gasteiger partial charge on any atom is 0.324 e. The van der Waals surface area contributed by atoms with Crippen molar-refractivity contribution in [1.82, 2.24) is 10.2 Å². The third-order valence-electron chi connectivity index (χ3n) is 3.55. The lowest BCUT2D eigenvalue weighted by Gasteiger charge is -2.14. The molecule has 0 aromatic heterocycles. The van der Waals surface area contributed by atoms with Gasteiger partial charge in [-0.1, -0.05) is 48.0 Å². The van der Waals surface area contributed by atoms with Crippen molar-refractivity contribution in [1.29, 1.82) is 0 Å². The quantitative estimate of drug-likeness (QED) is 0.937. The standard InChI is InChI=1S/C17H15ClN2O3/c18-14-10-13(12-4-2-1-3-5-12)6-7-15(14)23-11-16(21)20-9-8-19-17(20)22/h1-7,10H,8-9,11H2,(H,19,22). The van der Waals surface area contributed by atoms with Crippen molar-refractivity contribution in [2.45, 2.75) is 0 Å². The van der Waals surface area contributed by atoms with Gasteiger partial charge in [0.25, 0.3) is 5.91 Å². The lowest BCUT2D eigenvalue weighted by Crippen LogP contribution is -2.37. The number of hydrogen-bond acceptors (Lipinski definition) is 3. The Morgan fingerprint density at radius 1 is 1.17 bits per heavy atom. The Labute approximate surface area is 138 Å². The molecule has 23 heavy (non-hydrogen) atoms. The Balaban J connectivity index is 1.67. The summed E-state index contributed by atoms with van der Waals surface area (Å²) in [6.45, 7) is 0.608. The maximum atomic E-state index is 11.9. The molecule has 3 amide bonds. The van der Waals surface area contributed by atoms with Crippen LogP contribution in [0.1, 0.15) is 0 Å². The monoisotopic (exact) mass is 330 g/mol. The highest BCUT2D eigenvalue weighted by atomic mass is 35.5. The van der Waals surface area contributed by atoms with E-state index in [1.165, 1.54) is 0 Å². The number of nitrogens with one attached hydrogen (secondary N) is 1. The van der Waals surface area contributed by atoms with Crippen LogP contribution >= 0.6 is 11.6 Å². The van der Waals surface area contributed by atoms with Gasteiger partial charge in [-0.05, 0) is 23.3 Å². The Morgan fingerprint density at radius 2 is 1.96 bits per heavy atom. The third kappa shape index (κ3) is 3.46. The molecule has 0 atom stereocenters. The molecule has 0 aliphatic carbocycles. The molecule has 0 bridgehead atoms. The zero-order chi connectivity index (χ0) is 16.2. The molecule has 118 valence electrons. The van der Waals surface area contributed by atoms with Crippen molar-refractivity contribution in [2.75, 3.05) is 19.7 Å². The van der Waals surface area contributed by atoms with E-state index >= 15 is 0 Å². The van der Waals surface area contributed by atoms with E-state index in [9.17, 15) is 9.59 Å². The second-order valence-electron chi connectivity index (χ2n) is 5.08. The molecule has 1 fully saturated rings. The summed E-state index contributed by atoms with van der Waals surface area (Å²) in [6.07, 6.45) is 0. The van der Waals surface area contributed by atoms with Crippen molar-refractivity contribution < 1.29 is 14.3 Å². The lowest BCUT2D eigenvalue weighted by molar-refractivity contribution is -0.129. The second-order valence-corrected chi connectivity index (χ2v) is 5.48. The predicted molar refractivity (Wildman–Crippen MR) is 87.5 cm³/mol. The number of amides is 3. The molecule has 1 aliphatic rings. The molecule has 1 aliphatic heterocycles. The van der Waals surface area contributed by atoms with Gasteiger partial charge in [0, 0.05) is 13.1 Å². The summed E-state index contributed by atoms with van der Waals surface area (Å²) < 4.78 is 5.45. The largest absolute Gasteiger partial charge is 0.482 e. The van der Waals surface area contributed by atoms with Gasteiger partial charge in [-0.2, -0.15) is 0 Å². The lowest BCUT2D eigenvalue weighted by atomic mass is 10.1. The predicted octanol–water partition coefficient (Wildman–Crippen LogP) is 2.94. The summed E-state index contributed by atoms with van der Waals surface area (Å²) >= 11 is 6.22. The van der Waals surface area contributed by atoms with Crippen molar-refractivity contribution in [3.63, 3.8) is 0 Å². The molecule has 5 nitrogen and oxygen atoms in total. The second kappa shape index (κ2) is 6.71. The highest BCUT2D eigenvalue weighted by Crippen LogP contribution is 2.30. The van der Waals surface area contributed by atoms with Crippen LogP contribution in [0, 0.1) is 0 Å². The average molecular weight is 331 g/mol. The van der Waals surface area contributed by atoms with Crippen LogP contribution in [0.15, 0.2) is 48.5 Å². The van der Waals surface area contributed by atoms with Crippen molar-refractivity contribution >= 4 is 23.5 Å². The van der Waals surface area contributed by atoms with Crippen LogP contribution in [0.25, 0.3) is 11.1 Å². The molecule has 3 rings (SSSR count). The third-order valence-corrected chi connectivity index (χ3v) is 3.84. The van der Waals surface area contributed by atoms with Crippen LogP contribution < -0.4 is 10.1 Å². The number of rotatable bonds is 4. The van der Waals surface area contributed by atoms with E-state index in [4.69, 9.17) is 16.3 Å². The van der Waals surface area contributed by atoms with E-state index in [-0.39, 0.29) is 18.5 Å². The minimum Gasteiger partial charge on any atom is -0.482 e. The molecule has 1 N–H and O–H groups in total. The van der Waals surface area contributed by atoms with Gasteiger partial charge < -0.3 is 10.1 Å². The van der Waals surface area contributed by atoms with Crippen LogP contribution in [0.3, 0.4) is 0 Å². The number of benzene rings is 2. The SMILES string of the molecule is O=C(COc1ccc(-c2ccccc2)cc1Cl)N1CCNC1=O. The molecule has 0 unspecified atom stereocenters. The number of nitrogens with zero attached hydrogens (tertiary/aromatic N) is 1. The first-order valence-electron chi connectivity index (χ1n) is 7.21. The van der Waals surface area contributed by atoms with Crippen LogP contribution in [-0.4, -0.2) is 36.5 Å². The zero-order valence-electron chi connectivity index (χ0n) is 12.3.